The van der Waals surface area contributed by atoms with Crippen molar-refractivity contribution in [3.63, 3.8) is 0 Å². The number of methoxy groups -OCH3 is 1. The Hall–Kier alpha value is -1.82. The van der Waals surface area contributed by atoms with E-state index >= 15 is 0 Å². The molecular formula is C15H19NO2. The summed E-state index contributed by atoms with van der Waals surface area (Å²) in [5.41, 5.74) is 2.32. The third-order valence-electron chi connectivity index (χ3n) is 3.34. The molecule has 0 heterocycles. The monoisotopic (exact) mass is 245 g/mol. The second kappa shape index (κ2) is 4.81. The molecule has 0 aliphatic rings. The first kappa shape index (κ1) is 14.2. The SMILES string of the molecule is COc1cc(C)c(C(=O)C(C)(C)C#N)c(C)c1C. The molecule has 18 heavy (non-hydrogen) atoms. The number of ether oxygens (including phenoxy) is 1. The van der Waals surface area contributed by atoms with Crippen molar-refractivity contribution in [3.05, 3.63) is 28.3 Å². The zero-order valence-corrected chi connectivity index (χ0v) is 11.8. The predicted octanol–water partition coefficient (Wildman–Crippen LogP) is 3.35. The minimum Gasteiger partial charge on any atom is -0.496 e. The molecule has 0 atom stereocenters. The fourth-order valence-electron chi connectivity index (χ4n) is 1.97. The molecule has 3 nitrogen and oxygen atoms in total. The summed E-state index contributed by atoms with van der Waals surface area (Å²) in [5.74, 6) is 0.641. The number of benzene rings is 1. The van der Waals surface area contributed by atoms with E-state index in [1.54, 1.807) is 21.0 Å². The average molecular weight is 245 g/mol. The molecule has 96 valence electrons. The second-order valence-corrected chi connectivity index (χ2v) is 5.09. The van der Waals surface area contributed by atoms with Gasteiger partial charge in [0.15, 0.2) is 5.78 Å². The van der Waals surface area contributed by atoms with Crippen molar-refractivity contribution in [3.8, 4) is 11.8 Å². The van der Waals surface area contributed by atoms with Gasteiger partial charge in [-0.05, 0) is 57.4 Å². The van der Waals surface area contributed by atoms with Crippen molar-refractivity contribution < 1.29 is 9.53 Å². The van der Waals surface area contributed by atoms with Crippen LogP contribution in [0.25, 0.3) is 0 Å². The second-order valence-electron chi connectivity index (χ2n) is 5.09. The molecule has 0 amide bonds. The minimum atomic E-state index is -1.00. The zero-order valence-electron chi connectivity index (χ0n) is 11.8. The molecule has 0 saturated heterocycles. The number of hydrogen-bond acceptors (Lipinski definition) is 3. The molecule has 1 rings (SSSR count). The van der Waals surface area contributed by atoms with E-state index < -0.39 is 5.41 Å². The van der Waals surface area contributed by atoms with Gasteiger partial charge in [0.05, 0.1) is 13.2 Å². The molecule has 0 radical (unpaired) electrons. The highest BCUT2D eigenvalue weighted by molar-refractivity contribution is 6.04. The van der Waals surface area contributed by atoms with E-state index in [1.807, 2.05) is 26.8 Å². The van der Waals surface area contributed by atoms with Crippen molar-refractivity contribution in [2.75, 3.05) is 7.11 Å². The summed E-state index contributed by atoms with van der Waals surface area (Å²) in [6.45, 7) is 8.98. The van der Waals surface area contributed by atoms with Gasteiger partial charge in [-0.3, -0.25) is 4.79 Å². The highest BCUT2D eigenvalue weighted by Gasteiger charge is 2.31. The third kappa shape index (κ3) is 2.24. The van der Waals surface area contributed by atoms with Gasteiger partial charge in [-0.1, -0.05) is 0 Å². The van der Waals surface area contributed by atoms with Gasteiger partial charge in [-0.25, -0.2) is 0 Å². The summed E-state index contributed by atoms with van der Waals surface area (Å²) in [6, 6.07) is 3.91. The normalized spacial score (nSPS) is 10.9. The van der Waals surface area contributed by atoms with Crippen LogP contribution in [0.5, 0.6) is 5.75 Å². The van der Waals surface area contributed by atoms with E-state index in [0.717, 1.165) is 22.4 Å². The zero-order chi connectivity index (χ0) is 14.1. The number of carbonyl (C=O) groups excluding carboxylic acids is 1. The summed E-state index contributed by atoms with van der Waals surface area (Å²) in [5, 5.41) is 9.08. The number of hydrogen-bond donors (Lipinski definition) is 0. The summed E-state index contributed by atoms with van der Waals surface area (Å²) in [6.07, 6.45) is 0. The largest absolute Gasteiger partial charge is 0.496 e. The third-order valence-corrected chi connectivity index (χ3v) is 3.34. The quantitative estimate of drug-likeness (QED) is 0.767. The van der Waals surface area contributed by atoms with Crippen LogP contribution in [0, 0.1) is 37.5 Å². The van der Waals surface area contributed by atoms with Gasteiger partial charge < -0.3 is 4.74 Å². The molecule has 0 aromatic heterocycles. The van der Waals surface area contributed by atoms with E-state index in [0.29, 0.717) is 5.56 Å². The fraction of sp³-hybridized carbons (Fsp3) is 0.467. The molecule has 0 aliphatic carbocycles. The molecular weight excluding hydrogens is 226 g/mol. The average Bonchev–Trinajstić information content (AvgIpc) is 2.33. The molecule has 0 saturated carbocycles. The first-order valence-electron chi connectivity index (χ1n) is 5.87. The van der Waals surface area contributed by atoms with Crippen LogP contribution < -0.4 is 4.74 Å². The van der Waals surface area contributed by atoms with Crippen LogP contribution in [0.15, 0.2) is 6.07 Å². The molecule has 3 heteroatoms. The van der Waals surface area contributed by atoms with Crippen molar-refractivity contribution in [2.24, 2.45) is 5.41 Å². The molecule has 0 aliphatic heterocycles. The Morgan fingerprint density at radius 2 is 1.83 bits per heavy atom. The fourth-order valence-corrected chi connectivity index (χ4v) is 1.97. The Labute approximate surface area is 108 Å². The lowest BCUT2D eigenvalue weighted by Gasteiger charge is -2.20. The van der Waals surface area contributed by atoms with Crippen LogP contribution in [0.2, 0.25) is 0 Å². The summed E-state index contributed by atoms with van der Waals surface area (Å²) in [4.78, 5) is 12.4. The van der Waals surface area contributed by atoms with Gasteiger partial charge in [0, 0.05) is 5.56 Å². The first-order chi connectivity index (χ1) is 8.26. The Balaban J connectivity index is 3.50. The summed E-state index contributed by atoms with van der Waals surface area (Å²) >= 11 is 0. The van der Waals surface area contributed by atoms with Crippen LogP contribution in [0.1, 0.15) is 40.9 Å². The van der Waals surface area contributed by atoms with Crippen LogP contribution in [0.3, 0.4) is 0 Å². The first-order valence-corrected chi connectivity index (χ1v) is 5.87. The Bertz CT molecular complexity index is 536. The maximum absolute atomic E-state index is 12.4. The number of nitrogens with zero attached hydrogens (tertiary/aromatic N) is 1. The Kier molecular flexibility index (Phi) is 3.81. The minimum absolute atomic E-state index is 0.134. The van der Waals surface area contributed by atoms with Gasteiger partial charge in [0.25, 0.3) is 0 Å². The molecule has 0 N–H and O–H groups in total. The van der Waals surface area contributed by atoms with E-state index in [9.17, 15) is 4.79 Å². The van der Waals surface area contributed by atoms with E-state index in [4.69, 9.17) is 10.00 Å². The lowest BCUT2D eigenvalue weighted by molar-refractivity contribution is 0.0890. The van der Waals surface area contributed by atoms with E-state index in [2.05, 4.69) is 6.07 Å². The number of carbonyl (C=O) groups is 1. The highest BCUT2D eigenvalue weighted by atomic mass is 16.5. The van der Waals surface area contributed by atoms with Gasteiger partial charge >= 0.3 is 0 Å². The Morgan fingerprint density at radius 1 is 1.28 bits per heavy atom. The molecule has 1 aromatic carbocycles. The maximum atomic E-state index is 12.4. The van der Waals surface area contributed by atoms with Crippen molar-refractivity contribution in [1.82, 2.24) is 0 Å². The number of ketones is 1. The summed E-state index contributed by atoms with van der Waals surface area (Å²) < 4.78 is 5.28. The van der Waals surface area contributed by atoms with Crippen molar-refractivity contribution >= 4 is 5.78 Å². The van der Waals surface area contributed by atoms with Crippen LogP contribution in [-0.2, 0) is 0 Å². The van der Waals surface area contributed by atoms with Crippen LogP contribution >= 0.6 is 0 Å². The van der Waals surface area contributed by atoms with Gasteiger partial charge in [-0.2, -0.15) is 5.26 Å². The van der Waals surface area contributed by atoms with E-state index in [1.165, 1.54) is 0 Å². The number of aryl methyl sites for hydroxylation is 1. The van der Waals surface area contributed by atoms with Crippen LogP contribution in [-0.4, -0.2) is 12.9 Å². The van der Waals surface area contributed by atoms with E-state index in [-0.39, 0.29) is 5.78 Å². The molecule has 1 aromatic rings. The number of rotatable bonds is 3. The molecule has 0 unspecified atom stereocenters. The van der Waals surface area contributed by atoms with Crippen molar-refractivity contribution in [1.29, 1.82) is 5.26 Å². The highest BCUT2D eigenvalue weighted by Crippen LogP contribution is 2.31. The van der Waals surface area contributed by atoms with Gasteiger partial charge in [0.2, 0.25) is 0 Å². The predicted molar refractivity (Wildman–Crippen MR) is 70.9 cm³/mol. The van der Waals surface area contributed by atoms with Gasteiger partial charge in [0.1, 0.15) is 11.2 Å². The Morgan fingerprint density at radius 3 is 2.28 bits per heavy atom. The number of nitriles is 1. The van der Waals surface area contributed by atoms with Crippen LogP contribution in [0.4, 0.5) is 0 Å². The molecule has 0 bridgehead atoms. The summed E-state index contributed by atoms with van der Waals surface area (Å²) in [7, 11) is 1.61. The smallest absolute Gasteiger partial charge is 0.183 e. The molecule has 0 fully saturated rings. The standard InChI is InChI=1S/C15H19NO2/c1-9-7-12(18-6)10(2)11(3)13(9)14(17)15(4,5)8-16/h7H,1-6H3. The lowest BCUT2D eigenvalue weighted by atomic mass is 9.81. The van der Waals surface area contributed by atoms with Gasteiger partial charge in [-0.15, -0.1) is 0 Å². The maximum Gasteiger partial charge on any atom is 0.183 e. The van der Waals surface area contributed by atoms with Crippen molar-refractivity contribution in [2.45, 2.75) is 34.6 Å². The lowest BCUT2D eigenvalue weighted by Crippen LogP contribution is -2.24. The number of Topliss-reactive ketones (excluding diaryl/α,β-unsaturated/α-hetero) is 1. The topological polar surface area (TPSA) is 50.1 Å². The molecule has 0 spiro atoms.